The number of fused-ring (bicyclic) bond motifs is 1. The highest BCUT2D eigenvalue weighted by molar-refractivity contribution is 7.19. The summed E-state index contributed by atoms with van der Waals surface area (Å²) in [6, 6.07) is 8.00. The predicted octanol–water partition coefficient (Wildman–Crippen LogP) is 4.38. The summed E-state index contributed by atoms with van der Waals surface area (Å²) in [4.78, 5) is 0.316. The van der Waals surface area contributed by atoms with E-state index in [2.05, 4.69) is 15.3 Å². The van der Waals surface area contributed by atoms with E-state index in [9.17, 15) is 17.6 Å². The molecular weight excluding hydrogens is 356 g/mol. The van der Waals surface area contributed by atoms with Gasteiger partial charge in [0.25, 0.3) is 0 Å². The third-order valence-corrected chi connectivity index (χ3v) is 4.53. The molecule has 0 N–H and O–H groups in total. The molecule has 4 nitrogen and oxygen atoms in total. The Hall–Kier alpha value is -2.81. The maximum atomic E-state index is 14.0. The highest BCUT2D eigenvalue weighted by atomic mass is 32.1. The molecular formula is C16H8F4N4S. The van der Waals surface area contributed by atoms with Crippen LogP contribution in [-0.4, -0.2) is 19.8 Å². The zero-order chi connectivity index (χ0) is 17.7. The first-order valence-corrected chi connectivity index (χ1v) is 7.90. The molecule has 0 saturated carbocycles. The van der Waals surface area contributed by atoms with E-state index in [1.807, 2.05) is 25.1 Å². The first-order chi connectivity index (χ1) is 12.0. The zero-order valence-corrected chi connectivity index (χ0v) is 13.4. The van der Waals surface area contributed by atoms with Gasteiger partial charge in [0.05, 0.1) is 5.56 Å². The molecule has 0 fully saturated rings. The molecule has 0 atom stereocenters. The second kappa shape index (κ2) is 5.62. The minimum absolute atomic E-state index is 0.0332. The second-order valence-electron chi connectivity index (χ2n) is 5.34. The number of benzene rings is 2. The van der Waals surface area contributed by atoms with Crippen LogP contribution in [0.5, 0.6) is 0 Å². The Morgan fingerprint density at radius 3 is 2.52 bits per heavy atom. The number of aryl methyl sites for hydroxylation is 1. The van der Waals surface area contributed by atoms with Crippen LogP contribution in [0.3, 0.4) is 0 Å². The third-order valence-electron chi connectivity index (χ3n) is 3.60. The van der Waals surface area contributed by atoms with Gasteiger partial charge in [0.2, 0.25) is 4.96 Å². The van der Waals surface area contributed by atoms with Gasteiger partial charge >= 0.3 is 0 Å². The van der Waals surface area contributed by atoms with Gasteiger partial charge in [0.15, 0.2) is 34.1 Å². The lowest BCUT2D eigenvalue weighted by atomic mass is 10.1. The van der Waals surface area contributed by atoms with E-state index in [4.69, 9.17) is 0 Å². The SMILES string of the molecule is Cc1cccc(-c2nnc3sc(-c4cc(F)c(F)c(F)c4F)nn23)c1. The third kappa shape index (κ3) is 2.47. The zero-order valence-electron chi connectivity index (χ0n) is 12.6. The monoisotopic (exact) mass is 364 g/mol. The summed E-state index contributed by atoms with van der Waals surface area (Å²) in [6.45, 7) is 1.91. The van der Waals surface area contributed by atoms with Gasteiger partial charge in [-0.1, -0.05) is 35.1 Å². The molecule has 0 aliphatic carbocycles. The molecule has 0 amide bonds. The number of hydrogen-bond acceptors (Lipinski definition) is 4. The van der Waals surface area contributed by atoms with Crippen molar-refractivity contribution in [3.8, 4) is 22.0 Å². The summed E-state index contributed by atoms with van der Waals surface area (Å²) >= 11 is 0.890. The van der Waals surface area contributed by atoms with Crippen molar-refractivity contribution in [2.24, 2.45) is 0 Å². The second-order valence-corrected chi connectivity index (χ2v) is 6.30. The van der Waals surface area contributed by atoms with Crippen molar-refractivity contribution in [3.05, 3.63) is 59.2 Å². The number of nitrogens with zero attached hydrogens (tertiary/aromatic N) is 4. The Kier molecular flexibility index (Phi) is 3.53. The molecule has 4 aromatic rings. The molecule has 0 saturated heterocycles. The van der Waals surface area contributed by atoms with Crippen molar-refractivity contribution in [1.29, 1.82) is 0 Å². The van der Waals surface area contributed by atoms with Crippen LogP contribution in [-0.2, 0) is 0 Å². The van der Waals surface area contributed by atoms with E-state index in [1.165, 1.54) is 4.52 Å². The minimum Gasteiger partial charge on any atom is -0.204 e. The van der Waals surface area contributed by atoms with Crippen molar-refractivity contribution in [2.75, 3.05) is 0 Å². The molecule has 2 heterocycles. The van der Waals surface area contributed by atoms with Crippen molar-refractivity contribution < 1.29 is 17.6 Å². The summed E-state index contributed by atoms with van der Waals surface area (Å²) < 4.78 is 55.4. The first-order valence-electron chi connectivity index (χ1n) is 7.08. The summed E-state index contributed by atoms with van der Waals surface area (Å²) in [6.07, 6.45) is 0. The molecule has 2 aromatic carbocycles. The van der Waals surface area contributed by atoms with E-state index in [1.54, 1.807) is 6.07 Å². The van der Waals surface area contributed by atoms with Gasteiger partial charge in [0.1, 0.15) is 0 Å². The van der Waals surface area contributed by atoms with E-state index >= 15 is 0 Å². The van der Waals surface area contributed by atoms with Crippen molar-refractivity contribution in [1.82, 2.24) is 19.8 Å². The van der Waals surface area contributed by atoms with Gasteiger partial charge < -0.3 is 0 Å². The predicted molar refractivity (Wildman–Crippen MR) is 84.1 cm³/mol. The van der Waals surface area contributed by atoms with E-state index < -0.39 is 28.8 Å². The molecule has 0 spiro atoms. The molecule has 0 aliphatic rings. The molecule has 9 heteroatoms. The Morgan fingerprint density at radius 2 is 1.76 bits per heavy atom. The molecule has 4 rings (SSSR count). The van der Waals surface area contributed by atoms with Gasteiger partial charge in [-0.05, 0) is 19.1 Å². The van der Waals surface area contributed by atoms with Gasteiger partial charge in [0, 0.05) is 5.56 Å². The van der Waals surface area contributed by atoms with Gasteiger partial charge in [-0.15, -0.1) is 10.2 Å². The molecule has 0 bridgehead atoms. The van der Waals surface area contributed by atoms with Gasteiger partial charge in [-0.3, -0.25) is 0 Å². The van der Waals surface area contributed by atoms with Crippen molar-refractivity contribution in [3.63, 3.8) is 0 Å². The summed E-state index contributed by atoms with van der Waals surface area (Å²) in [7, 11) is 0. The quantitative estimate of drug-likeness (QED) is 0.301. The van der Waals surface area contributed by atoms with Gasteiger partial charge in [-0.2, -0.15) is 9.61 Å². The Morgan fingerprint density at radius 1 is 0.960 bits per heavy atom. The maximum Gasteiger partial charge on any atom is 0.235 e. The largest absolute Gasteiger partial charge is 0.235 e. The summed E-state index contributed by atoms with van der Waals surface area (Å²) in [5.74, 6) is -6.31. The lowest BCUT2D eigenvalue weighted by molar-refractivity contribution is 0.410. The van der Waals surface area contributed by atoms with Crippen molar-refractivity contribution >= 4 is 16.3 Å². The standard InChI is InChI=1S/C16H8F4N4S/c1-7-3-2-4-8(5-7)14-21-22-16-24(14)23-15(25-16)9-6-10(17)12(19)13(20)11(9)18/h2-6H,1H3. The fraction of sp³-hybridized carbons (Fsp3) is 0.0625. The van der Waals surface area contributed by atoms with Crippen LogP contribution >= 0.6 is 11.3 Å². The van der Waals surface area contributed by atoms with Crippen LogP contribution in [0.15, 0.2) is 30.3 Å². The molecule has 0 aliphatic heterocycles. The van der Waals surface area contributed by atoms with Crippen LogP contribution in [0, 0.1) is 30.2 Å². The topological polar surface area (TPSA) is 43.1 Å². The number of rotatable bonds is 2. The Balaban J connectivity index is 1.89. The average molecular weight is 364 g/mol. The lowest BCUT2D eigenvalue weighted by Gasteiger charge is -2.02. The number of aromatic nitrogens is 4. The van der Waals surface area contributed by atoms with E-state index in [0.29, 0.717) is 16.9 Å². The number of halogens is 4. The molecule has 0 radical (unpaired) electrons. The minimum atomic E-state index is -1.88. The molecule has 25 heavy (non-hydrogen) atoms. The van der Waals surface area contributed by atoms with Crippen LogP contribution in [0.25, 0.3) is 26.9 Å². The molecule has 126 valence electrons. The maximum absolute atomic E-state index is 14.0. The van der Waals surface area contributed by atoms with Crippen molar-refractivity contribution in [2.45, 2.75) is 6.92 Å². The highest BCUT2D eigenvalue weighted by Gasteiger charge is 2.23. The first kappa shape index (κ1) is 15.7. The van der Waals surface area contributed by atoms with Crippen LogP contribution in [0.4, 0.5) is 17.6 Å². The summed E-state index contributed by atoms with van der Waals surface area (Å²) in [5, 5.41) is 12.1. The summed E-state index contributed by atoms with van der Waals surface area (Å²) in [5.41, 5.74) is 1.27. The van der Waals surface area contributed by atoms with Gasteiger partial charge in [-0.25, -0.2) is 17.6 Å². The van der Waals surface area contributed by atoms with Crippen LogP contribution in [0.2, 0.25) is 0 Å². The fourth-order valence-electron chi connectivity index (χ4n) is 2.42. The number of hydrogen-bond donors (Lipinski definition) is 0. The molecule has 0 unspecified atom stereocenters. The Labute approximate surface area is 142 Å². The Bertz CT molecular complexity index is 1120. The lowest BCUT2D eigenvalue weighted by Crippen LogP contribution is -1.99. The fourth-order valence-corrected chi connectivity index (χ4v) is 3.27. The highest BCUT2D eigenvalue weighted by Crippen LogP contribution is 2.32. The average Bonchev–Trinajstić information content (AvgIpc) is 3.16. The van der Waals surface area contributed by atoms with E-state index in [0.717, 1.165) is 22.5 Å². The smallest absolute Gasteiger partial charge is 0.204 e. The molecule has 2 aromatic heterocycles. The van der Waals surface area contributed by atoms with E-state index in [-0.39, 0.29) is 5.01 Å². The normalized spacial score (nSPS) is 11.4. The van der Waals surface area contributed by atoms with Crippen LogP contribution < -0.4 is 0 Å². The van der Waals surface area contributed by atoms with Crippen LogP contribution in [0.1, 0.15) is 5.56 Å².